The number of benzene rings is 1. The Kier molecular flexibility index (Phi) is 4.50. The van der Waals surface area contributed by atoms with Gasteiger partial charge in [-0.2, -0.15) is 0 Å². The average Bonchev–Trinajstić information content (AvgIpc) is 3.01. The van der Waals surface area contributed by atoms with Crippen LogP contribution in [0.15, 0.2) is 30.5 Å². The maximum atomic E-state index is 12.8. The van der Waals surface area contributed by atoms with Gasteiger partial charge >= 0.3 is 0 Å². The first-order valence-corrected chi connectivity index (χ1v) is 9.23. The van der Waals surface area contributed by atoms with Crippen LogP contribution in [0.1, 0.15) is 42.1 Å². The van der Waals surface area contributed by atoms with Gasteiger partial charge in [-0.25, -0.2) is 9.97 Å². The van der Waals surface area contributed by atoms with Crippen LogP contribution in [0.25, 0.3) is 0 Å². The van der Waals surface area contributed by atoms with Crippen LogP contribution in [0, 0.1) is 0 Å². The van der Waals surface area contributed by atoms with Gasteiger partial charge in [0.2, 0.25) is 5.82 Å². The highest BCUT2D eigenvalue weighted by Gasteiger charge is 2.37. The first kappa shape index (κ1) is 18.4. The van der Waals surface area contributed by atoms with Crippen LogP contribution in [0.5, 0.6) is 5.75 Å². The van der Waals surface area contributed by atoms with Crippen molar-refractivity contribution in [2.75, 3.05) is 18.6 Å². The number of para-hydroxylation sites is 2. The molecular weight excluding hydrogens is 360 g/mol. The van der Waals surface area contributed by atoms with Crippen LogP contribution in [0.2, 0.25) is 0 Å². The number of aromatic nitrogens is 2. The summed E-state index contributed by atoms with van der Waals surface area (Å²) >= 11 is 0. The van der Waals surface area contributed by atoms with Crippen LogP contribution in [-0.2, 0) is 21.7 Å². The zero-order valence-electron chi connectivity index (χ0n) is 16.1. The number of fused-ring (bicyclic) bond motifs is 2. The Labute approximate surface area is 162 Å². The molecule has 4 rings (SSSR count). The molecule has 28 heavy (non-hydrogen) atoms. The molecule has 0 saturated carbocycles. The van der Waals surface area contributed by atoms with E-state index < -0.39 is 17.6 Å². The predicted octanol–water partition coefficient (Wildman–Crippen LogP) is 1.79. The molecule has 3 heterocycles. The topological polar surface area (TPSA) is 93.7 Å². The molecule has 2 aliphatic rings. The second kappa shape index (κ2) is 6.87. The van der Waals surface area contributed by atoms with E-state index in [-0.39, 0.29) is 18.3 Å². The summed E-state index contributed by atoms with van der Waals surface area (Å²) in [5.74, 6) is -0.170. The monoisotopic (exact) mass is 382 g/mol. The number of likely N-dealkylation sites (N-methyl/N-ethyl adjacent to an activating group) is 1. The zero-order chi connectivity index (χ0) is 19.9. The molecule has 146 valence electrons. The summed E-state index contributed by atoms with van der Waals surface area (Å²) in [6.07, 6.45) is 2.35. The third-order valence-corrected chi connectivity index (χ3v) is 5.36. The van der Waals surface area contributed by atoms with E-state index in [1.54, 1.807) is 25.4 Å². The molecular formula is C20H22N4O4. The van der Waals surface area contributed by atoms with E-state index in [2.05, 4.69) is 15.3 Å². The van der Waals surface area contributed by atoms with Gasteiger partial charge in [-0.05, 0) is 25.5 Å². The number of nitrogens with zero attached hydrogens (tertiary/aromatic N) is 3. The number of anilines is 1. The second-order valence-electron chi connectivity index (χ2n) is 7.14. The third-order valence-electron chi connectivity index (χ3n) is 5.36. The number of carbonyl (C=O) groups excluding carboxylic acids is 2. The highest BCUT2D eigenvalue weighted by molar-refractivity contribution is 6.02. The molecule has 2 atom stereocenters. The Balaban J connectivity index is 1.55. The Hall–Kier alpha value is -3.00. The van der Waals surface area contributed by atoms with E-state index in [9.17, 15) is 9.59 Å². The van der Waals surface area contributed by atoms with Crippen LogP contribution in [0.3, 0.4) is 0 Å². The fraction of sp³-hybridized carbons (Fsp3) is 0.400. The van der Waals surface area contributed by atoms with E-state index in [1.807, 2.05) is 26.0 Å². The summed E-state index contributed by atoms with van der Waals surface area (Å²) in [6.45, 7) is 4.42. The number of nitrogens with one attached hydrogen (secondary N) is 1. The fourth-order valence-corrected chi connectivity index (χ4v) is 3.43. The maximum Gasteiger partial charge on any atom is 0.289 e. The highest BCUT2D eigenvalue weighted by Crippen LogP contribution is 2.37. The summed E-state index contributed by atoms with van der Waals surface area (Å²) in [4.78, 5) is 35.6. The first-order valence-electron chi connectivity index (χ1n) is 9.23. The number of ether oxygens (including phenoxy) is 2. The minimum atomic E-state index is -0.837. The van der Waals surface area contributed by atoms with E-state index in [0.29, 0.717) is 18.0 Å². The van der Waals surface area contributed by atoms with E-state index in [4.69, 9.17) is 9.47 Å². The minimum Gasteiger partial charge on any atom is -0.489 e. The van der Waals surface area contributed by atoms with Crippen molar-refractivity contribution in [1.29, 1.82) is 0 Å². The van der Waals surface area contributed by atoms with Crippen molar-refractivity contribution in [2.45, 2.75) is 38.5 Å². The van der Waals surface area contributed by atoms with E-state index >= 15 is 0 Å². The van der Waals surface area contributed by atoms with Gasteiger partial charge in [-0.3, -0.25) is 9.59 Å². The summed E-state index contributed by atoms with van der Waals surface area (Å²) in [5, 5.41) is 2.71. The molecule has 2 aliphatic heterocycles. The number of amides is 2. The minimum absolute atomic E-state index is 0.0149. The molecule has 1 aromatic carbocycles. The fourth-order valence-electron chi connectivity index (χ4n) is 3.43. The summed E-state index contributed by atoms with van der Waals surface area (Å²) in [7, 11) is 1.66. The van der Waals surface area contributed by atoms with Crippen molar-refractivity contribution in [3.05, 3.63) is 47.5 Å². The third kappa shape index (κ3) is 2.99. The molecule has 1 aromatic heterocycles. The number of hydrogen-bond donors (Lipinski definition) is 1. The molecule has 2 amide bonds. The first-order chi connectivity index (χ1) is 13.4. The lowest BCUT2D eigenvalue weighted by Crippen LogP contribution is -2.49. The van der Waals surface area contributed by atoms with Crippen molar-refractivity contribution < 1.29 is 19.1 Å². The summed E-state index contributed by atoms with van der Waals surface area (Å²) in [6, 6.07) is 6.41. The van der Waals surface area contributed by atoms with Crippen LogP contribution in [0.4, 0.5) is 5.69 Å². The Morgan fingerprint density at radius 1 is 1.39 bits per heavy atom. The van der Waals surface area contributed by atoms with Crippen molar-refractivity contribution >= 4 is 17.5 Å². The molecule has 1 N–H and O–H groups in total. The van der Waals surface area contributed by atoms with E-state index in [0.717, 1.165) is 17.7 Å². The molecule has 0 saturated heterocycles. The summed E-state index contributed by atoms with van der Waals surface area (Å²) < 4.78 is 11.5. The number of carbonyl (C=O) groups is 2. The lowest BCUT2D eigenvalue weighted by atomic mass is 9.98. The molecule has 0 radical (unpaired) electrons. The van der Waals surface area contributed by atoms with Gasteiger partial charge in [0.1, 0.15) is 24.0 Å². The molecule has 0 fully saturated rings. The lowest BCUT2D eigenvalue weighted by Gasteiger charge is -2.22. The molecule has 2 aromatic rings. The van der Waals surface area contributed by atoms with Gasteiger partial charge < -0.3 is 19.7 Å². The lowest BCUT2D eigenvalue weighted by molar-refractivity contribution is -0.120. The van der Waals surface area contributed by atoms with Gasteiger partial charge in [-0.15, -0.1) is 0 Å². The number of rotatable bonds is 3. The molecule has 0 aliphatic carbocycles. The van der Waals surface area contributed by atoms with Crippen molar-refractivity contribution in [3.63, 3.8) is 0 Å². The Bertz CT molecular complexity index is 948. The standard InChI is InChI=1S/C20H22N4O4/c1-4-20(2)16-12(10-28-20)9-21-17(23-16)18(25)22-13-11-27-15-8-6-5-7-14(15)24(3)19(13)26/h5-9,13H,4,10-11H2,1-3H3,(H,22,25)/t13?,20-/m1/s1. The molecule has 8 nitrogen and oxygen atoms in total. The van der Waals surface area contributed by atoms with Gasteiger partial charge in [-0.1, -0.05) is 19.1 Å². The molecule has 0 spiro atoms. The van der Waals surface area contributed by atoms with Gasteiger partial charge in [0, 0.05) is 18.8 Å². The number of hydrogen-bond acceptors (Lipinski definition) is 6. The van der Waals surface area contributed by atoms with Crippen molar-refractivity contribution in [2.24, 2.45) is 0 Å². The second-order valence-corrected chi connectivity index (χ2v) is 7.14. The molecule has 0 bridgehead atoms. The average molecular weight is 382 g/mol. The van der Waals surface area contributed by atoms with Gasteiger partial charge in [0.25, 0.3) is 11.8 Å². The molecule has 8 heteroatoms. The summed E-state index contributed by atoms with van der Waals surface area (Å²) in [5.41, 5.74) is 1.73. The highest BCUT2D eigenvalue weighted by atomic mass is 16.5. The van der Waals surface area contributed by atoms with Gasteiger partial charge in [0.05, 0.1) is 18.0 Å². The van der Waals surface area contributed by atoms with E-state index in [1.165, 1.54) is 4.90 Å². The van der Waals surface area contributed by atoms with Crippen molar-refractivity contribution in [1.82, 2.24) is 15.3 Å². The molecule has 1 unspecified atom stereocenters. The zero-order valence-corrected chi connectivity index (χ0v) is 16.1. The SMILES string of the molecule is CC[C@@]1(C)OCc2cnc(C(=O)NC3COc4ccccc4N(C)C3=O)nc21. The maximum absolute atomic E-state index is 12.8. The van der Waals surface area contributed by atoms with Crippen LogP contribution >= 0.6 is 0 Å². The largest absolute Gasteiger partial charge is 0.489 e. The normalized spacial score (nSPS) is 23.5. The van der Waals surface area contributed by atoms with Crippen LogP contribution < -0.4 is 15.0 Å². The smallest absolute Gasteiger partial charge is 0.289 e. The van der Waals surface area contributed by atoms with Crippen LogP contribution in [-0.4, -0.2) is 41.5 Å². The quantitative estimate of drug-likeness (QED) is 0.870. The predicted molar refractivity (Wildman–Crippen MR) is 101 cm³/mol. The van der Waals surface area contributed by atoms with Gasteiger partial charge in [0.15, 0.2) is 0 Å². The Morgan fingerprint density at radius 3 is 2.96 bits per heavy atom. The Morgan fingerprint density at radius 2 is 2.18 bits per heavy atom. The van der Waals surface area contributed by atoms with Crippen molar-refractivity contribution in [3.8, 4) is 5.75 Å².